The number of hydrogen-bond donors (Lipinski definition) is 0. The van der Waals surface area contributed by atoms with E-state index in [0.717, 1.165) is 16.7 Å². The van der Waals surface area contributed by atoms with Crippen molar-refractivity contribution in [3.8, 4) is 16.9 Å². The molecule has 2 aromatic carbocycles. The molecule has 0 saturated carbocycles. The maximum atomic E-state index is 12.1. The third kappa shape index (κ3) is 5.36. The summed E-state index contributed by atoms with van der Waals surface area (Å²) in [7, 11) is 2.98. The highest BCUT2D eigenvalue weighted by Crippen LogP contribution is 2.28. The molecule has 0 atom stereocenters. The van der Waals surface area contributed by atoms with Crippen LogP contribution in [0.5, 0.6) is 5.75 Å². The molecule has 0 aliphatic carbocycles. The second-order valence-corrected chi connectivity index (χ2v) is 5.29. The number of carbonyl (C=O) groups is 1. The normalized spacial score (nSPS) is 11.1. The van der Waals surface area contributed by atoms with Crippen LogP contribution in [0.1, 0.15) is 5.56 Å². The Kier molecular flexibility index (Phi) is 7.04. The first-order valence-corrected chi connectivity index (χ1v) is 7.88. The maximum absolute atomic E-state index is 12.1. The molecule has 2 rings (SSSR count). The van der Waals surface area contributed by atoms with E-state index in [0.29, 0.717) is 12.4 Å². The molecule has 132 valence electrons. The molecule has 0 saturated heterocycles. The van der Waals surface area contributed by atoms with Crippen molar-refractivity contribution in [3.63, 3.8) is 0 Å². The van der Waals surface area contributed by atoms with Crippen molar-refractivity contribution in [1.29, 1.82) is 0 Å². The van der Waals surface area contributed by atoms with Gasteiger partial charge in [-0.15, -0.1) is 0 Å². The van der Waals surface area contributed by atoms with Crippen LogP contribution in [-0.2, 0) is 19.0 Å². The number of aryl methyl sites for hydroxylation is 1. The zero-order valence-electron chi connectivity index (χ0n) is 14.7. The first-order valence-electron chi connectivity index (χ1n) is 7.88. The number of hydrogen-bond acceptors (Lipinski definition) is 5. The minimum Gasteiger partial charge on any atom is -0.500 e. The van der Waals surface area contributed by atoms with Crippen LogP contribution in [0, 0.1) is 6.92 Å². The predicted molar refractivity (Wildman–Crippen MR) is 95.2 cm³/mol. The number of methoxy groups -OCH3 is 2. The van der Waals surface area contributed by atoms with E-state index in [1.54, 1.807) is 0 Å². The van der Waals surface area contributed by atoms with Crippen LogP contribution >= 0.6 is 0 Å². The van der Waals surface area contributed by atoms with Crippen molar-refractivity contribution < 1.29 is 23.7 Å². The van der Waals surface area contributed by atoms with E-state index in [-0.39, 0.29) is 12.4 Å². The molecule has 0 fully saturated rings. The Bertz CT molecular complexity index is 722. The zero-order valence-corrected chi connectivity index (χ0v) is 14.7. The molecule has 0 unspecified atom stereocenters. The first kappa shape index (κ1) is 18.5. The summed E-state index contributed by atoms with van der Waals surface area (Å²) in [5.74, 6) is -0.0660. The molecule has 0 N–H and O–H groups in total. The Hall–Kier alpha value is -2.79. The predicted octanol–water partition coefficient (Wildman–Crippen LogP) is 3.72. The third-order valence-electron chi connectivity index (χ3n) is 3.46. The molecule has 0 spiro atoms. The lowest BCUT2D eigenvalue weighted by Crippen LogP contribution is -2.16. The van der Waals surface area contributed by atoms with E-state index in [1.165, 1.54) is 20.5 Å². The van der Waals surface area contributed by atoms with Crippen LogP contribution in [0.25, 0.3) is 11.1 Å². The van der Waals surface area contributed by atoms with Crippen molar-refractivity contribution >= 4 is 5.97 Å². The van der Waals surface area contributed by atoms with Crippen molar-refractivity contribution in [1.82, 2.24) is 0 Å². The number of carbonyl (C=O) groups excluding carboxylic acids is 1. The van der Waals surface area contributed by atoms with Crippen molar-refractivity contribution in [2.75, 3.05) is 27.4 Å². The van der Waals surface area contributed by atoms with E-state index >= 15 is 0 Å². The summed E-state index contributed by atoms with van der Waals surface area (Å²) in [5, 5.41) is 0. The summed E-state index contributed by atoms with van der Waals surface area (Å²) in [6.07, 6.45) is 1.23. The van der Waals surface area contributed by atoms with Gasteiger partial charge in [-0.05, 0) is 29.7 Å². The summed E-state index contributed by atoms with van der Waals surface area (Å²) in [4.78, 5) is 12.1. The van der Waals surface area contributed by atoms with E-state index in [4.69, 9.17) is 18.9 Å². The fourth-order valence-electron chi connectivity index (χ4n) is 2.15. The lowest BCUT2D eigenvalue weighted by molar-refractivity contribution is -0.143. The lowest BCUT2D eigenvalue weighted by atomic mass is 10.0. The molecule has 0 radical (unpaired) electrons. The summed E-state index contributed by atoms with van der Waals surface area (Å²) < 4.78 is 20.7. The topological polar surface area (TPSA) is 54.0 Å². The summed E-state index contributed by atoms with van der Waals surface area (Å²) in [6, 6.07) is 15.8. The lowest BCUT2D eigenvalue weighted by Gasteiger charge is -2.13. The van der Waals surface area contributed by atoms with Crippen LogP contribution in [0.4, 0.5) is 0 Å². The van der Waals surface area contributed by atoms with Gasteiger partial charge in [-0.3, -0.25) is 0 Å². The quantitative estimate of drug-likeness (QED) is 0.317. The fourth-order valence-corrected chi connectivity index (χ4v) is 2.15. The van der Waals surface area contributed by atoms with Crippen LogP contribution in [0.3, 0.4) is 0 Å². The average molecular weight is 342 g/mol. The molecule has 5 nitrogen and oxygen atoms in total. The molecule has 5 heteroatoms. The van der Waals surface area contributed by atoms with E-state index in [2.05, 4.69) is 0 Å². The number of rotatable bonds is 8. The van der Waals surface area contributed by atoms with Crippen LogP contribution in [-0.4, -0.2) is 33.4 Å². The van der Waals surface area contributed by atoms with Gasteiger partial charge in [0.05, 0.1) is 13.7 Å². The minimum absolute atomic E-state index is 0.0214. The standard InChI is InChI=1S/C20H22O5/c1-15-9-10-17(16-7-5-4-6-8-16)13-18(15)25-19(14-23-3)20(21)24-12-11-22-2/h4-10,13-14H,11-12H2,1-3H3/b19-14-. The van der Waals surface area contributed by atoms with Crippen molar-refractivity contribution in [3.05, 3.63) is 66.1 Å². The molecule has 0 bridgehead atoms. The Morgan fingerprint density at radius 3 is 2.44 bits per heavy atom. The van der Waals surface area contributed by atoms with Gasteiger partial charge in [-0.25, -0.2) is 4.79 Å². The van der Waals surface area contributed by atoms with Gasteiger partial charge in [-0.2, -0.15) is 0 Å². The maximum Gasteiger partial charge on any atom is 0.377 e. The van der Waals surface area contributed by atoms with Crippen LogP contribution < -0.4 is 4.74 Å². The highest BCUT2D eigenvalue weighted by molar-refractivity contribution is 5.86. The van der Waals surface area contributed by atoms with Gasteiger partial charge in [0.1, 0.15) is 18.6 Å². The molecular weight excluding hydrogens is 320 g/mol. The van der Waals surface area contributed by atoms with E-state index < -0.39 is 5.97 Å². The Labute approximate surface area is 147 Å². The van der Waals surface area contributed by atoms with Gasteiger partial charge in [0.2, 0.25) is 5.76 Å². The number of esters is 1. The molecule has 2 aromatic rings. The van der Waals surface area contributed by atoms with Crippen molar-refractivity contribution in [2.24, 2.45) is 0 Å². The largest absolute Gasteiger partial charge is 0.500 e. The van der Waals surface area contributed by atoms with Crippen LogP contribution in [0.15, 0.2) is 60.6 Å². The molecule has 0 aliphatic heterocycles. The monoisotopic (exact) mass is 342 g/mol. The molecule has 0 amide bonds. The van der Waals surface area contributed by atoms with E-state index in [1.807, 2.05) is 55.5 Å². The summed E-state index contributed by atoms with van der Waals surface area (Å²) in [5.41, 5.74) is 2.95. The average Bonchev–Trinajstić information content (AvgIpc) is 2.64. The highest BCUT2D eigenvalue weighted by Gasteiger charge is 2.16. The Morgan fingerprint density at radius 1 is 1.00 bits per heavy atom. The third-order valence-corrected chi connectivity index (χ3v) is 3.46. The van der Waals surface area contributed by atoms with E-state index in [9.17, 15) is 4.79 Å². The Morgan fingerprint density at radius 2 is 1.76 bits per heavy atom. The molecular formula is C20H22O5. The minimum atomic E-state index is -0.608. The van der Waals surface area contributed by atoms with Crippen molar-refractivity contribution in [2.45, 2.75) is 6.92 Å². The van der Waals surface area contributed by atoms with Crippen LogP contribution in [0.2, 0.25) is 0 Å². The fraction of sp³-hybridized carbons (Fsp3) is 0.250. The molecule has 0 aromatic heterocycles. The summed E-state index contributed by atoms with van der Waals surface area (Å²) >= 11 is 0. The smallest absolute Gasteiger partial charge is 0.377 e. The van der Waals surface area contributed by atoms with Gasteiger partial charge >= 0.3 is 5.97 Å². The number of benzene rings is 2. The van der Waals surface area contributed by atoms with Gasteiger partial charge in [0.15, 0.2) is 0 Å². The first-order chi connectivity index (χ1) is 12.2. The molecule has 25 heavy (non-hydrogen) atoms. The SMILES string of the molecule is CO/C=C(\Oc1cc(-c2ccccc2)ccc1C)C(=O)OCCOC. The van der Waals surface area contributed by atoms with Gasteiger partial charge in [0, 0.05) is 7.11 Å². The zero-order chi connectivity index (χ0) is 18.1. The Balaban J connectivity index is 2.21. The number of ether oxygens (including phenoxy) is 4. The van der Waals surface area contributed by atoms with Gasteiger partial charge < -0.3 is 18.9 Å². The second kappa shape index (κ2) is 9.49. The molecule has 0 aliphatic rings. The summed E-state index contributed by atoms with van der Waals surface area (Å²) in [6.45, 7) is 2.36. The van der Waals surface area contributed by atoms with Gasteiger partial charge in [0.25, 0.3) is 0 Å². The van der Waals surface area contributed by atoms with Gasteiger partial charge in [-0.1, -0.05) is 42.5 Å². The highest BCUT2D eigenvalue weighted by atomic mass is 16.6. The molecule has 0 heterocycles. The second-order valence-electron chi connectivity index (χ2n) is 5.29.